The Morgan fingerprint density at radius 1 is 1.03 bits per heavy atom. The van der Waals surface area contributed by atoms with E-state index in [1.807, 2.05) is 62.4 Å². The highest BCUT2D eigenvalue weighted by Gasteiger charge is 2.19. The summed E-state index contributed by atoms with van der Waals surface area (Å²) in [5, 5.41) is 5.02. The molecule has 29 heavy (non-hydrogen) atoms. The lowest BCUT2D eigenvalue weighted by atomic mass is 10.1. The molecular formula is C22H24N2O4S. The van der Waals surface area contributed by atoms with Gasteiger partial charge in [-0.1, -0.05) is 48.5 Å². The first-order valence-electron chi connectivity index (χ1n) is 9.27. The number of urea groups is 1. The molecule has 0 heterocycles. The number of fused-ring (bicyclic) bond motifs is 1. The van der Waals surface area contributed by atoms with Crippen LogP contribution in [0, 0.1) is 0 Å². The van der Waals surface area contributed by atoms with Gasteiger partial charge in [0, 0.05) is 18.0 Å². The minimum atomic E-state index is -3.61. The SMILES string of the molecule is CC(C)N(Cc1cccc(OS(C)(=O)=O)c1)C(=O)Nc1cccc2ccccc12. The van der Waals surface area contributed by atoms with E-state index in [4.69, 9.17) is 4.18 Å². The van der Waals surface area contributed by atoms with Crippen molar-refractivity contribution in [2.24, 2.45) is 0 Å². The highest BCUT2D eigenvalue weighted by atomic mass is 32.2. The molecule has 3 aromatic carbocycles. The first kappa shape index (κ1) is 20.7. The molecule has 1 N–H and O–H groups in total. The summed E-state index contributed by atoms with van der Waals surface area (Å²) in [5.74, 6) is 0.225. The van der Waals surface area contributed by atoms with Crippen molar-refractivity contribution in [1.82, 2.24) is 4.90 Å². The third-order valence-electron chi connectivity index (χ3n) is 4.41. The van der Waals surface area contributed by atoms with E-state index in [0.717, 1.165) is 28.3 Å². The Morgan fingerprint density at radius 2 is 1.72 bits per heavy atom. The number of carbonyl (C=O) groups excluding carboxylic acids is 1. The predicted molar refractivity (Wildman–Crippen MR) is 116 cm³/mol. The second kappa shape index (κ2) is 8.53. The van der Waals surface area contributed by atoms with Crippen molar-refractivity contribution in [2.45, 2.75) is 26.4 Å². The van der Waals surface area contributed by atoms with Crippen LogP contribution in [0.3, 0.4) is 0 Å². The van der Waals surface area contributed by atoms with Crippen LogP contribution in [0.2, 0.25) is 0 Å². The van der Waals surface area contributed by atoms with Gasteiger partial charge in [0.1, 0.15) is 5.75 Å². The molecule has 0 radical (unpaired) electrons. The normalized spacial score (nSPS) is 11.4. The fourth-order valence-corrected chi connectivity index (χ4v) is 3.53. The molecule has 0 unspecified atom stereocenters. The molecular weight excluding hydrogens is 388 g/mol. The minimum absolute atomic E-state index is 0.0653. The molecule has 0 saturated heterocycles. The van der Waals surface area contributed by atoms with Crippen LogP contribution in [0.4, 0.5) is 10.5 Å². The molecule has 2 amide bonds. The molecule has 0 bridgehead atoms. The Bertz CT molecular complexity index is 1120. The summed E-state index contributed by atoms with van der Waals surface area (Å²) in [6.07, 6.45) is 0.998. The van der Waals surface area contributed by atoms with Crippen molar-refractivity contribution in [3.63, 3.8) is 0 Å². The maximum atomic E-state index is 13.0. The fraction of sp³-hybridized carbons (Fsp3) is 0.227. The highest BCUT2D eigenvalue weighted by molar-refractivity contribution is 7.86. The van der Waals surface area contributed by atoms with Crippen molar-refractivity contribution >= 4 is 32.6 Å². The third-order valence-corrected chi connectivity index (χ3v) is 4.91. The molecule has 3 rings (SSSR count). The minimum Gasteiger partial charge on any atom is -0.383 e. The number of hydrogen-bond donors (Lipinski definition) is 1. The van der Waals surface area contributed by atoms with Crippen molar-refractivity contribution in [3.05, 3.63) is 72.3 Å². The van der Waals surface area contributed by atoms with Crippen LogP contribution in [-0.4, -0.2) is 31.6 Å². The van der Waals surface area contributed by atoms with Gasteiger partial charge in [-0.3, -0.25) is 0 Å². The maximum Gasteiger partial charge on any atom is 0.322 e. The van der Waals surface area contributed by atoms with Crippen LogP contribution in [0.1, 0.15) is 19.4 Å². The summed E-state index contributed by atoms with van der Waals surface area (Å²) < 4.78 is 27.7. The van der Waals surface area contributed by atoms with Gasteiger partial charge in [-0.2, -0.15) is 8.42 Å². The third kappa shape index (κ3) is 5.48. The van der Waals surface area contributed by atoms with Crippen LogP contribution in [0.15, 0.2) is 66.7 Å². The molecule has 6 nitrogen and oxygen atoms in total. The topological polar surface area (TPSA) is 75.7 Å². The van der Waals surface area contributed by atoms with E-state index in [-0.39, 0.29) is 17.8 Å². The summed E-state index contributed by atoms with van der Waals surface area (Å²) in [6.45, 7) is 4.17. The summed E-state index contributed by atoms with van der Waals surface area (Å²) >= 11 is 0. The molecule has 152 valence electrons. The number of nitrogens with zero attached hydrogens (tertiary/aromatic N) is 1. The fourth-order valence-electron chi connectivity index (χ4n) is 3.08. The van der Waals surface area contributed by atoms with Gasteiger partial charge in [-0.05, 0) is 43.0 Å². The zero-order valence-corrected chi connectivity index (χ0v) is 17.4. The lowest BCUT2D eigenvalue weighted by Gasteiger charge is -2.27. The molecule has 0 atom stereocenters. The van der Waals surface area contributed by atoms with Crippen LogP contribution in [0.5, 0.6) is 5.75 Å². The molecule has 3 aromatic rings. The lowest BCUT2D eigenvalue weighted by Crippen LogP contribution is -2.39. The van der Waals surface area contributed by atoms with E-state index in [9.17, 15) is 13.2 Å². The number of amides is 2. The second-order valence-corrected chi connectivity index (χ2v) is 8.69. The van der Waals surface area contributed by atoms with Gasteiger partial charge in [-0.25, -0.2) is 4.79 Å². The summed E-state index contributed by atoms with van der Waals surface area (Å²) in [5.41, 5.74) is 1.51. The average molecular weight is 413 g/mol. The molecule has 0 aliphatic carbocycles. The van der Waals surface area contributed by atoms with Crippen LogP contribution < -0.4 is 9.50 Å². The Labute approximate surface area is 171 Å². The molecule has 0 aliphatic rings. The molecule has 0 aromatic heterocycles. The van der Waals surface area contributed by atoms with Gasteiger partial charge < -0.3 is 14.4 Å². The largest absolute Gasteiger partial charge is 0.383 e. The number of benzene rings is 3. The first-order valence-corrected chi connectivity index (χ1v) is 11.1. The summed E-state index contributed by atoms with van der Waals surface area (Å²) in [6, 6.07) is 20.1. The Morgan fingerprint density at radius 3 is 2.45 bits per heavy atom. The quantitative estimate of drug-likeness (QED) is 0.600. The maximum absolute atomic E-state index is 13.0. The average Bonchev–Trinajstić information content (AvgIpc) is 2.65. The number of anilines is 1. The smallest absolute Gasteiger partial charge is 0.322 e. The Hall–Kier alpha value is -3.06. The molecule has 0 saturated carbocycles. The van der Waals surface area contributed by atoms with Crippen LogP contribution >= 0.6 is 0 Å². The van der Waals surface area contributed by atoms with E-state index in [0.29, 0.717) is 6.54 Å². The zero-order chi connectivity index (χ0) is 21.0. The van der Waals surface area contributed by atoms with Gasteiger partial charge in [-0.15, -0.1) is 0 Å². The lowest BCUT2D eigenvalue weighted by molar-refractivity contribution is 0.193. The number of carbonyl (C=O) groups is 1. The second-order valence-electron chi connectivity index (χ2n) is 7.11. The van der Waals surface area contributed by atoms with Crippen molar-refractivity contribution in [1.29, 1.82) is 0 Å². The van der Waals surface area contributed by atoms with Gasteiger partial charge in [0.05, 0.1) is 11.9 Å². The van der Waals surface area contributed by atoms with Crippen molar-refractivity contribution in [2.75, 3.05) is 11.6 Å². The highest BCUT2D eigenvalue weighted by Crippen LogP contribution is 2.24. The summed E-state index contributed by atoms with van der Waals surface area (Å²) in [4.78, 5) is 14.7. The zero-order valence-electron chi connectivity index (χ0n) is 16.6. The summed E-state index contributed by atoms with van der Waals surface area (Å²) in [7, 11) is -3.61. The first-order chi connectivity index (χ1) is 13.7. The number of hydrogen-bond acceptors (Lipinski definition) is 4. The van der Waals surface area contributed by atoms with E-state index < -0.39 is 10.1 Å². The number of nitrogens with one attached hydrogen (secondary N) is 1. The number of rotatable bonds is 6. The van der Waals surface area contributed by atoms with Crippen molar-refractivity contribution in [3.8, 4) is 5.75 Å². The van der Waals surface area contributed by atoms with E-state index in [1.54, 1.807) is 23.1 Å². The molecule has 0 fully saturated rings. The van der Waals surface area contributed by atoms with Gasteiger partial charge in [0.15, 0.2) is 0 Å². The van der Waals surface area contributed by atoms with E-state index >= 15 is 0 Å². The Kier molecular flexibility index (Phi) is 6.08. The molecule has 7 heteroatoms. The van der Waals surface area contributed by atoms with E-state index in [1.165, 1.54) is 0 Å². The van der Waals surface area contributed by atoms with Gasteiger partial charge >= 0.3 is 16.1 Å². The van der Waals surface area contributed by atoms with Crippen LogP contribution in [0.25, 0.3) is 10.8 Å². The standard InChI is InChI=1S/C22H24N2O4S/c1-16(2)24(15-17-8-6-11-19(14-17)28-29(3,26)27)22(25)23-21-13-7-10-18-9-4-5-12-20(18)21/h4-14,16H,15H2,1-3H3,(H,23,25). The predicted octanol–water partition coefficient (Wildman–Crippen LogP) is 4.62. The van der Waals surface area contributed by atoms with Gasteiger partial charge in [0.2, 0.25) is 0 Å². The monoisotopic (exact) mass is 412 g/mol. The van der Waals surface area contributed by atoms with E-state index in [2.05, 4.69) is 5.32 Å². The van der Waals surface area contributed by atoms with Gasteiger partial charge in [0.25, 0.3) is 0 Å². The van der Waals surface area contributed by atoms with Crippen LogP contribution in [-0.2, 0) is 16.7 Å². The Balaban J connectivity index is 1.81. The molecule has 0 spiro atoms. The molecule has 0 aliphatic heterocycles. The van der Waals surface area contributed by atoms with Crippen molar-refractivity contribution < 1.29 is 17.4 Å².